The van der Waals surface area contributed by atoms with Gasteiger partial charge in [-0.1, -0.05) is 41.9 Å². The highest BCUT2D eigenvalue weighted by Gasteiger charge is 2.38. The monoisotopic (exact) mass is 338 g/mol. The Labute approximate surface area is 129 Å². The minimum atomic E-state index is -0.0756. The van der Waals surface area contributed by atoms with Gasteiger partial charge in [0.25, 0.3) is 0 Å². The number of hydrogen-bond acceptors (Lipinski definition) is 2. The fraction of sp³-hybridized carbons (Fsp3) is 0.562. The summed E-state index contributed by atoms with van der Waals surface area (Å²) in [5.74, 6) is 0.190. The summed E-state index contributed by atoms with van der Waals surface area (Å²) >= 11 is 3.47. The van der Waals surface area contributed by atoms with E-state index in [9.17, 15) is 4.79 Å². The lowest BCUT2D eigenvalue weighted by Crippen LogP contribution is -2.55. The fourth-order valence-corrected chi connectivity index (χ4v) is 3.29. The van der Waals surface area contributed by atoms with Gasteiger partial charge in [-0.2, -0.15) is 0 Å². The Bertz CT molecular complexity index is 487. The number of hydrogen-bond donors (Lipinski definition) is 1. The lowest BCUT2D eigenvalue weighted by Gasteiger charge is -2.40. The summed E-state index contributed by atoms with van der Waals surface area (Å²) in [4.78, 5) is 14.5. The molecule has 110 valence electrons. The van der Waals surface area contributed by atoms with E-state index >= 15 is 0 Å². The number of rotatable bonds is 3. The van der Waals surface area contributed by atoms with Gasteiger partial charge in [-0.25, -0.2) is 0 Å². The van der Waals surface area contributed by atoms with Crippen molar-refractivity contribution in [2.75, 3.05) is 13.6 Å². The van der Waals surface area contributed by atoms with E-state index in [-0.39, 0.29) is 17.4 Å². The molecule has 1 amide bonds. The number of halogens is 1. The van der Waals surface area contributed by atoms with Crippen LogP contribution in [0.1, 0.15) is 32.3 Å². The third-order valence-electron chi connectivity index (χ3n) is 4.06. The van der Waals surface area contributed by atoms with Gasteiger partial charge in [0, 0.05) is 18.1 Å². The summed E-state index contributed by atoms with van der Waals surface area (Å²) in [6.45, 7) is 5.93. The number of carbonyl (C=O) groups excluding carboxylic acids is 1. The minimum Gasteiger partial charge on any atom is -0.340 e. The number of nitrogens with zero attached hydrogens (tertiary/aromatic N) is 1. The first-order valence-corrected chi connectivity index (χ1v) is 7.92. The van der Waals surface area contributed by atoms with Crippen LogP contribution in [0.25, 0.3) is 0 Å². The summed E-state index contributed by atoms with van der Waals surface area (Å²) in [5, 5.41) is 3.39. The SMILES string of the molecule is CN(Cc1cccc(Br)c1)C(=O)C1NCCCC1(C)C. The molecule has 0 spiro atoms. The van der Waals surface area contributed by atoms with Crippen LogP contribution in [0.15, 0.2) is 28.7 Å². The molecule has 4 heteroatoms. The number of likely N-dealkylation sites (N-methyl/N-ethyl adjacent to an activating group) is 1. The van der Waals surface area contributed by atoms with Crippen LogP contribution in [0.5, 0.6) is 0 Å². The second-order valence-electron chi connectivity index (χ2n) is 6.30. The van der Waals surface area contributed by atoms with Gasteiger partial charge in [0.15, 0.2) is 0 Å². The van der Waals surface area contributed by atoms with Crippen LogP contribution < -0.4 is 5.32 Å². The fourth-order valence-electron chi connectivity index (χ4n) is 2.84. The molecule has 1 aliphatic heterocycles. The van der Waals surface area contributed by atoms with E-state index in [1.54, 1.807) is 0 Å². The molecule has 0 radical (unpaired) electrons. The lowest BCUT2D eigenvalue weighted by atomic mass is 9.77. The predicted molar refractivity (Wildman–Crippen MR) is 85.4 cm³/mol. The van der Waals surface area contributed by atoms with Crippen molar-refractivity contribution in [1.29, 1.82) is 0 Å². The predicted octanol–water partition coefficient (Wildman–Crippen LogP) is 3.19. The van der Waals surface area contributed by atoms with E-state index in [1.807, 2.05) is 30.1 Å². The normalized spacial score (nSPS) is 21.5. The van der Waals surface area contributed by atoms with E-state index < -0.39 is 0 Å². The molecule has 0 aromatic heterocycles. The highest BCUT2D eigenvalue weighted by molar-refractivity contribution is 9.10. The van der Waals surface area contributed by atoms with Crippen molar-refractivity contribution in [3.8, 4) is 0 Å². The van der Waals surface area contributed by atoms with Gasteiger partial charge in [-0.05, 0) is 42.5 Å². The molecule has 1 aliphatic rings. The van der Waals surface area contributed by atoms with Gasteiger partial charge >= 0.3 is 0 Å². The van der Waals surface area contributed by atoms with Crippen molar-refractivity contribution in [2.24, 2.45) is 5.41 Å². The maximum Gasteiger partial charge on any atom is 0.240 e. The third-order valence-corrected chi connectivity index (χ3v) is 4.55. The Morgan fingerprint density at radius 3 is 2.90 bits per heavy atom. The van der Waals surface area contributed by atoms with Crippen LogP contribution in [0.3, 0.4) is 0 Å². The molecule has 2 rings (SSSR count). The molecule has 1 aromatic carbocycles. The highest BCUT2D eigenvalue weighted by Crippen LogP contribution is 2.31. The van der Waals surface area contributed by atoms with E-state index in [2.05, 4.69) is 41.2 Å². The smallest absolute Gasteiger partial charge is 0.240 e. The summed E-state index contributed by atoms with van der Waals surface area (Å²) in [5.41, 5.74) is 1.17. The Morgan fingerprint density at radius 2 is 2.25 bits per heavy atom. The second-order valence-corrected chi connectivity index (χ2v) is 7.22. The van der Waals surface area contributed by atoms with E-state index in [0.29, 0.717) is 6.54 Å². The van der Waals surface area contributed by atoms with Crippen molar-refractivity contribution < 1.29 is 4.79 Å². The first kappa shape index (κ1) is 15.5. The summed E-state index contributed by atoms with van der Waals surface area (Å²) in [6.07, 6.45) is 2.24. The van der Waals surface area contributed by atoms with Crippen LogP contribution >= 0.6 is 15.9 Å². The van der Waals surface area contributed by atoms with Crippen molar-refractivity contribution >= 4 is 21.8 Å². The number of piperidine rings is 1. The maximum absolute atomic E-state index is 12.7. The zero-order chi connectivity index (χ0) is 14.8. The van der Waals surface area contributed by atoms with Crippen molar-refractivity contribution in [1.82, 2.24) is 10.2 Å². The molecular formula is C16H23BrN2O. The molecule has 1 atom stereocenters. The quantitative estimate of drug-likeness (QED) is 0.917. The average molecular weight is 339 g/mol. The zero-order valence-corrected chi connectivity index (χ0v) is 14.0. The van der Waals surface area contributed by atoms with Crippen LogP contribution in [0.2, 0.25) is 0 Å². The first-order valence-electron chi connectivity index (χ1n) is 7.13. The van der Waals surface area contributed by atoms with Gasteiger partial charge in [-0.3, -0.25) is 4.79 Å². The minimum absolute atomic E-state index is 0.0286. The molecule has 1 aromatic rings. The summed E-state index contributed by atoms with van der Waals surface area (Å²) in [7, 11) is 1.88. The molecule has 0 bridgehead atoms. The molecule has 3 nitrogen and oxygen atoms in total. The van der Waals surface area contributed by atoms with Gasteiger partial charge < -0.3 is 10.2 Å². The molecule has 1 N–H and O–H groups in total. The molecule has 0 aliphatic carbocycles. The number of benzene rings is 1. The summed E-state index contributed by atoms with van der Waals surface area (Å²) < 4.78 is 1.05. The van der Waals surface area contributed by atoms with Crippen LogP contribution in [0.4, 0.5) is 0 Å². The van der Waals surface area contributed by atoms with Crippen LogP contribution in [-0.2, 0) is 11.3 Å². The second kappa shape index (κ2) is 6.27. The highest BCUT2D eigenvalue weighted by atomic mass is 79.9. The Kier molecular flexibility index (Phi) is 4.86. The standard InChI is InChI=1S/C16H23BrN2O/c1-16(2)8-5-9-18-14(16)15(20)19(3)11-12-6-4-7-13(17)10-12/h4,6-7,10,14,18H,5,8-9,11H2,1-3H3. The first-order chi connectivity index (χ1) is 9.40. The summed E-state index contributed by atoms with van der Waals surface area (Å²) in [6, 6.07) is 8.03. The van der Waals surface area contributed by atoms with Gasteiger partial charge in [0.2, 0.25) is 5.91 Å². The molecule has 1 heterocycles. The largest absolute Gasteiger partial charge is 0.340 e. The molecule has 0 saturated carbocycles. The Hall–Kier alpha value is -0.870. The maximum atomic E-state index is 12.7. The third kappa shape index (κ3) is 3.61. The topological polar surface area (TPSA) is 32.3 Å². The van der Waals surface area contributed by atoms with Crippen LogP contribution in [-0.4, -0.2) is 30.4 Å². The Morgan fingerprint density at radius 1 is 1.50 bits per heavy atom. The van der Waals surface area contributed by atoms with E-state index in [0.717, 1.165) is 29.4 Å². The van der Waals surface area contributed by atoms with E-state index in [4.69, 9.17) is 0 Å². The van der Waals surface area contributed by atoms with Gasteiger partial charge in [0.1, 0.15) is 0 Å². The lowest BCUT2D eigenvalue weighted by molar-refractivity contribution is -0.136. The molecule has 1 saturated heterocycles. The Balaban J connectivity index is 2.05. The van der Waals surface area contributed by atoms with Crippen molar-refractivity contribution in [3.63, 3.8) is 0 Å². The zero-order valence-electron chi connectivity index (χ0n) is 12.4. The van der Waals surface area contributed by atoms with Gasteiger partial charge in [-0.15, -0.1) is 0 Å². The van der Waals surface area contributed by atoms with E-state index in [1.165, 1.54) is 0 Å². The molecule has 20 heavy (non-hydrogen) atoms. The van der Waals surface area contributed by atoms with Crippen molar-refractivity contribution in [3.05, 3.63) is 34.3 Å². The van der Waals surface area contributed by atoms with Gasteiger partial charge in [0.05, 0.1) is 6.04 Å². The number of nitrogens with one attached hydrogen (secondary N) is 1. The molecule has 1 fully saturated rings. The number of amides is 1. The molecule has 1 unspecified atom stereocenters. The molecular weight excluding hydrogens is 316 g/mol. The van der Waals surface area contributed by atoms with Crippen LogP contribution in [0, 0.1) is 5.41 Å². The van der Waals surface area contributed by atoms with Crippen molar-refractivity contribution in [2.45, 2.75) is 39.3 Å². The number of carbonyl (C=O) groups is 1. The average Bonchev–Trinajstić information content (AvgIpc) is 2.37.